The molecule has 29 heavy (non-hydrogen) atoms. The molecule has 148 valence electrons. The van der Waals surface area contributed by atoms with E-state index in [0.717, 1.165) is 27.4 Å². The number of aryl methyl sites for hydroxylation is 2. The Balaban J connectivity index is 1.97. The molecule has 7 heteroatoms. The van der Waals surface area contributed by atoms with Gasteiger partial charge in [-0.1, -0.05) is 35.9 Å². The van der Waals surface area contributed by atoms with E-state index >= 15 is 0 Å². The summed E-state index contributed by atoms with van der Waals surface area (Å²) in [6.07, 6.45) is -0.303. The number of hydrogen-bond donors (Lipinski definition) is 0. The van der Waals surface area contributed by atoms with Crippen LogP contribution < -0.4 is 11.2 Å². The summed E-state index contributed by atoms with van der Waals surface area (Å²) in [5, 5.41) is 2.59. The van der Waals surface area contributed by atoms with Gasteiger partial charge < -0.3 is 9.30 Å². The Kier molecular flexibility index (Phi) is 4.11. The predicted molar refractivity (Wildman–Crippen MR) is 115 cm³/mol. The minimum atomic E-state index is -0.332. The van der Waals surface area contributed by atoms with E-state index < -0.39 is 0 Å². The quantitative estimate of drug-likeness (QED) is 0.513. The van der Waals surface area contributed by atoms with Crippen LogP contribution in [0, 0.1) is 6.92 Å². The van der Waals surface area contributed by atoms with Gasteiger partial charge in [-0.3, -0.25) is 13.9 Å². The first-order valence-corrected chi connectivity index (χ1v) is 10.4. The monoisotopic (exact) mass is 407 g/mol. The average molecular weight is 407 g/mol. The highest BCUT2D eigenvalue weighted by Crippen LogP contribution is 2.41. The van der Waals surface area contributed by atoms with Crippen molar-refractivity contribution in [1.29, 1.82) is 0 Å². The Bertz CT molecular complexity index is 1340. The molecule has 1 aliphatic rings. The lowest BCUT2D eigenvalue weighted by Crippen LogP contribution is -2.37. The van der Waals surface area contributed by atoms with Gasteiger partial charge in [0.2, 0.25) is 0 Å². The lowest BCUT2D eigenvalue weighted by Gasteiger charge is -2.26. The van der Waals surface area contributed by atoms with Crippen LogP contribution in [0.5, 0.6) is 0 Å². The maximum absolute atomic E-state index is 13.3. The van der Waals surface area contributed by atoms with Crippen LogP contribution in [0.4, 0.5) is 0 Å². The van der Waals surface area contributed by atoms with Gasteiger partial charge in [-0.05, 0) is 23.9 Å². The largest absolute Gasteiger partial charge is 0.364 e. The van der Waals surface area contributed by atoms with Gasteiger partial charge in [0, 0.05) is 25.5 Å². The van der Waals surface area contributed by atoms with E-state index in [4.69, 9.17) is 4.74 Å². The summed E-state index contributed by atoms with van der Waals surface area (Å²) in [7, 11) is 3.26. The average Bonchev–Trinajstić information content (AvgIpc) is 3.37. The van der Waals surface area contributed by atoms with Crippen molar-refractivity contribution < 1.29 is 4.74 Å². The molecule has 0 unspecified atom stereocenters. The molecule has 0 spiro atoms. The molecule has 0 amide bonds. The molecule has 5 rings (SSSR count). The molecule has 0 fully saturated rings. The number of nitrogens with zero attached hydrogens (tertiary/aromatic N) is 3. The highest BCUT2D eigenvalue weighted by molar-refractivity contribution is 7.10. The first-order chi connectivity index (χ1) is 14.0. The molecule has 0 aliphatic carbocycles. The minimum absolute atomic E-state index is 0.273. The maximum atomic E-state index is 13.3. The van der Waals surface area contributed by atoms with Crippen LogP contribution >= 0.6 is 11.3 Å². The molecule has 3 aromatic heterocycles. The fraction of sp³-hybridized carbons (Fsp3) is 0.273. The third-order valence-corrected chi connectivity index (χ3v) is 6.59. The molecule has 1 atom stereocenters. The number of fused-ring (bicyclic) bond motifs is 3. The van der Waals surface area contributed by atoms with Crippen molar-refractivity contribution in [3.8, 4) is 11.3 Å². The molecule has 1 aliphatic heterocycles. The zero-order valence-electron chi connectivity index (χ0n) is 16.5. The number of rotatable bonds is 2. The van der Waals surface area contributed by atoms with Crippen LogP contribution in [-0.4, -0.2) is 20.3 Å². The fourth-order valence-corrected chi connectivity index (χ4v) is 5.02. The van der Waals surface area contributed by atoms with Crippen molar-refractivity contribution in [2.24, 2.45) is 14.1 Å². The van der Waals surface area contributed by atoms with Crippen molar-refractivity contribution in [1.82, 2.24) is 13.7 Å². The molecular formula is C22H21N3O3S. The normalized spacial score (nSPS) is 16.3. The summed E-state index contributed by atoms with van der Waals surface area (Å²) in [4.78, 5) is 27.1. The summed E-state index contributed by atoms with van der Waals surface area (Å²) >= 11 is 1.62. The van der Waals surface area contributed by atoms with Crippen LogP contribution in [0.3, 0.4) is 0 Å². The van der Waals surface area contributed by atoms with Crippen molar-refractivity contribution in [3.63, 3.8) is 0 Å². The fourth-order valence-electron chi connectivity index (χ4n) is 4.25. The maximum Gasteiger partial charge on any atom is 0.331 e. The van der Waals surface area contributed by atoms with E-state index in [9.17, 15) is 9.59 Å². The minimum Gasteiger partial charge on any atom is -0.364 e. The summed E-state index contributed by atoms with van der Waals surface area (Å²) < 4.78 is 11.1. The molecule has 1 aromatic carbocycles. The van der Waals surface area contributed by atoms with Crippen molar-refractivity contribution in [2.75, 3.05) is 6.61 Å². The molecule has 4 heterocycles. The molecule has 0 saturated heterocycles. The SMILES string of the molecule is Cc1ccc(-c2c3c(=O)n(C)c(=O)n(C)c3c3n2CCO[C@@H]3c2cccs2)cc1. The van der Waals surface area contributed by atoms with Crippen LogP contribution in [0.15, 0.2) is 51.4 Å². The predicted octanol–water partition coefficient (Wildman–Crippen LogP) is 3.20. The number of hydrogen-bond acceptors (Lipinski definition) is 4. The Labute approximate surface area is 171 Å². The number of benzene rings is 1. The standard InChI is InChI=1S/C22H21N3O3S/c1-13-6-8-14(9-7-13)17-16-18(23(2)22(27)24(3)21(16)26)19-20(15-5-4-12-29-15)28-11-10-25(17)19/h4-9,12,20H,10-11H2,1-3H3/t20-/m1/s1. The molecule has 0 radical (unpaired) electrons. The van der Waals surface area contributed by atoms with Gasteiger partial charge in [-0.25, -0.2) is 4.79 Å². The van der Waals surface area contributed by atoms with Gasteiger partial charge in [0.05, 0.1) is 28.9 Å². The third-order valence-electron chi connectivity index (χ3n) is 5.68. The van der Waals surface area contributed by atoms with Crippen molar-refractivity contribution >= 4 is 22.2 Å². The first-order valence-electron chi connectivity index (χ1n) is 9.53. The lowest BCUT2D eigenvalue weighted by atomic mass is 10.1. The van der Waals surface area contributed by atoms with Crippen LogP contribution in [0.2, 0.25) is 0 Å². The van der Waals surface area contributed by atoms with Gasteiger partial charge in [-0.2, -0.15) is 0 Å². The second-order valence-electron chi connectivity index (χ2n) is 7.45. The summed E-state index contributed by atoms with van der Waals surface area (Å²) in [6, 6.07) is 12.2. The van der Waals surface area contributed by atoms with E-state index in [1.807, 2.05) is 48.7 Å². The number of aromatic nitrogens is 3. The van der Waals surface area contributed by atoms with E-state index in [0.29, 0.717) is 24.1 Å². The summed E-state index contributed by atoms with van der Waals surface area (Å²) in [5.41, 5.74) is 3.91. The van der Waals surface area contributed by atoms with Gasteiger partial charge >= 0.3 is 5.69 Å². The first kappa shape index (κ1) is 18.1. The zero-order valence-corrected chi connectivity index (χ0v) is 17.3. The molecule has 0 N–H and O–H groups in total. The van der Waals surface area contributed by atoms with Gasteiger partial charge in [0.15, 0.2) is 0 Å². The van der Waals surface area contributed by atoms with E-state index in [-0.39, 0.29) is 17.4 Å². The Morgan fingerprint density at radius 3 is 2.52 bits per heavy atom. The Morgan fingerprint density at radius 1 is 1.07 bits per heavy atom. The van der Waals surface area contributed by atoms with Gasteiger partial charge in [0.1, 0.15) is 6.10 Å². The Morgan fingerprint density at radius 2 is 1.83 bits per heavy atom. The summed E-state index contributed by atoms with van der Waals surface area (Å²) in [5.74, 6) is 0. The number of thiophene rings is 1. The van der Waals surface area contributed by atoms with Gasteiger partial charge in [0.25, 0.3) is 5.56 Å². The zero-order chi connectivity index (χ0) is 20.3. The molecule has 0 bridgehead atoms. The van der Waals surface area contributed by atoms with Crippen LogP contribution in [0.1, 0.15) is 22.2 Å². The highest BCUT2D eigenvalue weighted by atomic mass is 32.1. The van der Waals surface area contributed by atoms with Crippen LogP contribution in [0.25, 0.3) is 22.2 Å². The van der Waals surface area contributed by atoms with Gasteiger partial charge in [-0.15, -0.1) is 11.3 Å². The second kappa shape index (κ2) is 6.57. The molecule has 4 aromatic rings. The molecule has 0 saturated carbocycles. The smallest absolute Gasteiger partial charge is 0.331 e. The molecular weight excluding hydrogens is 386 g/mol. The van der Waals surface area contributed by atoms with E-state index in [2.05, 4.69) is 4.57 Å². The Hall–Kier alpha value is -2.90. The number of ether oxygens (including phenoxy) is 1. The summed E-state index contributed by atoms with van der Waals surface area (Å²) in [6.45, 7) is 3.22. The molecule has 6 nitrogen and oxygen atoms in total. The van der Waals surface area contributed by atoms with Crippen molar-refractivity contribution in [3.05, 3.63) is 78.8 Å². The third kappa shape index (κ3) is 2.58. The van der Waals surface area contributed by atoms with E-state index in [1.165, 1.54) is 11.6 Å². The topological polar surface area (TPSA) is 58.2 Å². The second-order valence-corrected chi connectivity index (χ2v) is 8.43. The van der Waals surface area contributed by atoms with Crippen molar-refractivity contribution in [2.45, 2.75) is 19.6 Å². The highest BCUT2D eigenvalue weighted by Gasteiger charge is 2.33. The lowest BCUT2D eigenvalue weighted by molar-refractivity contribution is 0.0500. The van der Waals surface area contributed by atoms with E-state index in [1.54, 1.807) is 23.0 Å². The van der Waals surface area contributed by atoms with Crippen LogP contribution in [-0.2, 0) is 25.4 Å².